The first-order chi connectivity index (χ1) is 15.1. The van der Waals surface area contributed by atoms with Crippen molar-refractivity contribution in [3.8, 4) is 0 Å². The van der Waals surface area contributed by atoms with Crippen LogP contribution in [0, 0.1) is 10.1 Å². The van der Waals surface area contributed by atoms with E-state index in [1.807, 2.05) is 0 Å². The van der Waals surface area contributed by atoms with E-state index < -0.39 is 28.7 Å². The molecule has 1 atom stereocenters. The Morgan fingerprint density at radius 3 is 2.56 bits per heavy atom. The number of benzene rings is 2. The quantitative estimate of drug-likeness (QED) is 0.291. The predicted molar refractivity (Wildman–Crippen MR) is 115 cm³/mol. The van der Waals surface area contributed by atoms with Gasteiger partial charge in [-0.2, -0.15) is 13.2 Å². The molecule has 168 valence electrons. The fourth-order valence-electron chi connectivity index (χ4n) is 3.48. The average molecular weight is 465 g/mol. The molecule has 0 radical (unpaired) electrons. The highest BCUT2D eigenvalue weighted by Crippen LogP contribution is 2.39. The number of esters is 1. The maximum Gasteiger partial charge on any atom is 0.416 e. The first-order valence-corrected chi connectivity index (χ1v) is 9.86. The molecule has 1 aliphatic rings. The molecular weight excluding hydrogens is 447 g/mol. The number of anilines is 1. The van der Waals surface area contributed by atoms with Crippen molar-refractivity contribution < 1.29 is 27.6 Å². The molecule has 0 aliphatic carbocycles. The number of alkyl halides is 3. The minimum absolute atomic E-state index is 0.00663. The molecule has 2 aromatic carbocycles. The van der Waals surface area contributed by atoms with Gasteiger partial charge in [-0.05, 0) is 50.3 Å². The maximum absolute atomic E-state index is 13.2. The van der Waals surface area contributed by atoms with Gasteiger partial charge in [-0.3, -0.25) is 15.0 Å². The van der Waals surface area contributed by atoms with Crippen molar-refractivity contribution in [1.82, 2.24) is 5.32 Å². The van der Waals surface area contributed by atoms with Gasteiger partial charge in [0.1, 0.15) is 0 Å². The van der Waals surface area contributed by atoms with Crippen LogP contribution in [0.5, 0.6) is 0 Å². The van der Waals surface area contributed by atoms with E-state index in [4.69, 9.17) is 17.0 Å². The van der Waals surface area contributed by atoms with Crippen LogP contribution < -0.4 is 10.2 Å². The van der Waals surface area contributed by atoms with Crippen LogP contribution in [0.15, 0.2) is 59.8 Å². The number of para-hydroxylation sites is 1. The molecular formula is C21H18F3N3O4S. The van der Waals surface area contributed by atoms with Crippen molar-refractivity contribution in [3.63, 3.8) is 0 Å². The highest BCUT2D eigenvalue weighted by molar-refractivity contribution is 7.80. The van der Waals surface area contributed by atoms with E-state index in [2.05, 4.69) is 5.32 Å². The summed E-state index contributed by atoms with van der Waals surface area (Å²) in [7, 11) is 0. The van der Waals surface area contributed by atoms with Gasteiger partial charge in [0.25, 0.3) is 5.69 Å². The summed E-state index contributed by atoms with van der Waals surface area (Å²) in [5.41, 5.74) is -0.663. The normalized spacial score (nSPS) is 16.6. The van der Waals surface area contributed by atoms with Crippen molar-refractivity contribution in [1.29, 1.82) is 0 Å². The monoisotopic (exact) mass is 465 g/mol. The molecule has 0 saturated carbocycles. The van der Waals surface area contributed by atoms with Crippen LogP contribution in [0.3, 0.4) is 0 Å². The van der Waals surface area contributed by atoms with E-state index in [0.29, 0.717) is 0 Å². The van der Waals surface area contributed by atoms with Crippen LogP contribution in [-0.2, 0) is 15.7 Å². The number of hydrogen-bond donors (Lipinski definition) is 1. The van der Waals surface area contributed by atoms with Gasteiger partial charge in [0.2, 0.25) is 0 Å². The zero-order chi connectivity index (χ0) is 23.6. The zero-order valence-electron chi connectivity index (χ0n) is 17.0. The highest BCUT2D eigenvalue weighted by Gasteiger charge is 2.39. The summed E-state index contributed by atoms with van der Waals surface area (Å²) >= 11 is 5.39. The zero-order valence-corrected chi connectivity index (χ0v) is 17.8. The Morgan fingerprint density at radius 2 is 1.94 bits per heavy atom. The lowest BCUT2D eigenvalue weighted by Gasteiger charge is -2.37. The average Bonchev–Trinajstić information content (AvgIpc) is 2.73. The van der Waals surface area contributed by atoms with Crippen LogP contribution in [0.1, 0.15) is 31.0 Å². The molecule has 0 fully saturated rings. The number of hydrogen-bond acceptors (Lipinski definition) is 5. The molecule has 3 rings (SSSR count). The van der Waals surface area contributed by atoms with Gasteiger partial charge in [0.05, 0.1) is 34.3 Å². The van der Waals surface area contributed by atoms with Gasteiger partial charge < -0.3 is 10.1 Å². The van der Waals surface area contributed by atoms with Crippen molar-refractivity contribution in [2.24, 2.45) is 0 Å². The van der Waals surface area contributed by atoms with Gasteiger partial charge in [0.15, 0.2) is 5.11 Å². The standard InChI is InChI=1S/C21H18F3N3O4S/c1-3-31-19(28)17-12(2)26(14-8-6-7-13(11-14)21(22,23)24)20(32)25-18(17)15-9-4-5-10-16(15)27(29)30/h4-11,18H,3H2,1-2H3,(H,25,32). The summed E-state index contributed by atoms with van der Waals surface area (Å²) in [6, 6.07) is 9.28. The maximum atomic E-state index is 13.2. The number of ether oxygens (including phenoxy) is 1. The molecule has 32 heavy (non-hydrogen) atoms. The second kappa shape index (κ2) is 8.95. The summed E-state index contributed by atoms with van der Waals surface area (Å²) in [5, 5.41) is 14.4. The molecule has 1 unspecified atom stereocenters. The number of carbonyl (C=O) groups is 1. The first-order valence-electron chi connectivity index (χ1n) is 9.45. The van der Waals surface area contributed by atoms with Crippen LogP contribution in [-0.4, -0.2) is 22.6 Å². The Morgan fingerprint density at radius 1 is 1.25 bits per heavy atom. The summed E-state index contributed by atoms with van der Waals surface area (Å²) in [6.07, 6.45) is -4.57. The number of nitro groups is 1. The number of nitrogens with zero attached hydrogens (tertiary/aromatic N) is 2. The largest absolute Gasteiger partial charge is 0.463 e. The van der Waals surface area contributed by atoms with E-state index in [9.17, 15) is 28.1 Å². The summed E-state index contributed by atoms with van der Waals surface area (Å²) in [5.74, 6) is -0.764. The van der Waals surface area contributed by atoms with Crippen molar-refractivity contribution >= 4 is 34.7 Å². The molecule has 1 heterocycles. The van der Waals surface area contributed by atoms with Crippen molar-refractivity contribution in [2.75, 3.05) is 11.5 Å². The molecule has 0 aromatic heterocycles. The number of halogens is 3. The van der Waals surface area contributed by atoms with E-state index >= 15 is 0 Å². The summed E-state index contributed by atoms with van der Waals surface area (Å²) < 4.78 is 44.8. The predicted octanol–water partition coefficient (Wildman–Crippen LogP) is 4.89. The molecule has 0 amide bonds. The van der Waals surface area contributed by atoms with Gasteiger partial charge >= 0.3 is 12.1 Å². The number of allylic oxidation sites excluding steroid dienone is 1. The number of thiocarbonyl (C=S) groups is 1. The van der Waals surface area contributed by atoms with Crippen LogP contribution in [0.4, 0.5) is 24.5 Å². The Kier molecular flexibility index (Phi) is 6.49. The number of carbonyl (C=O) groups excluding carboxylic acids is 1. The molecule has 0 saturated heterocycles. The molecule has 1 N–H and O–H groups in total. The third-order valence-electron chi connectivity index (χ3n) is 4.86. The Bertz CT molecular complexity index is 1120. The molecule has 0 bridgehead atoms. The summed E-state index contributed by atoms with van der Waals surface area (Å²) in [4.78, 5) is 25.1. The van der Waals surface area contributed by atoms with Crippen LogP contribution in [0.2, 0.25) is 0 Å². The highest BCUT2D eigenvalue weighted by atomic mass is 32.1. The fourth-order valence-corrected chi connectivity index (χ4v) is 3.84. The molecule has 7 nitrogen and oxygen atoms in total. The van der Waals surface area contributed by atoms with Gasteiger partial charge in [-0.1, -0.05) is 18.2 Å². The van der Waals surface area contributed by atoms with Crippen LogP contribution >= 0.6 is 12.2 Å². The van der Waals surface area contributed by atoms with E-state index in [0.717, 1.165) is 12.1 Å². The van der Waals surface area contributed by atoms with Crippen molar-refractivity contribution in [3.05, 3.63) is 81.0 Å². The minimum Gasteiger partial charge on any atom is -0.463 e. The minimum atomic E-state index is -4.57. The molecule has 11 heteroatoms. The lowest BCUT2D eigenvalue weighted by molar-refractivity contribution is -0.385. The lowest BCUT2D eigenvalue weighted by Crippen LogP contribution is -2.48. The fraction of sp³-hybridized carbons (Fsp3) is 0.238. The number of nitro benzene ring substituents is 1. The Hall–Kier alpha value is -3.47. The molecule has 1 aliphatic heterocycles. The van der Waals surface area contributed by atoms with E-state index in [1.165, 1.54) is 42.2 Å². The Balaban J connectivity index is 2.20. The summed E-state index contributed by atoms with van der Waals surface area (Å²) in [6.45, 7) is 3.13. The molecule has 0 spiro atoms. The Labute approximate surface area is 186 Å². The number of rotatable bonds is 5. The van der Waals surface area contributed by atoms with Crippen molar-refractivity contribution in [2.45, 2.75) is 26.1 Å². The topological polar surface area (TPSA) is 84.7 Å². The van der Waals surface area contributed by atoms with E-state index in [1.54, 1.807) is 13.0 Å². The third kappa shape index (κ3) is 4.42. The van der Waals surface area contributed by atoms with E-state index in [-0.39, 0.29) is 39.9 Å². The van der Waals surface area contributed by atoms with Crippen LogP contribution in [0.25, 0.3) is 0 Å². The number of nitrogens with one attached hydrogen (secondary N) is 1. The van der Waals surface area contributed by atoms with Gasteiger partial charge in [0, 0.05) is 17.5 Å². The van der Waals surface area contributed by atoms with Gasteiger partial charge in [-0.15, -0.1) is 0 Å². The van der Waals surface area contributed by atoms with Gasteiger partial charge in [-0.25, -0.2) is 4.79 Å². The second-order valence-corrected chi connectivity index (χ2v) is 7.19. The third-order valence-corrected chi connectivity index (χ3v) is 5.16. The molecule has 2 aromatic rings. The lowest BCUT2D eigenvalue weighted by atomic mass is 9.93. The second-order valence-electron chi connectivity index (χ2n) is 6.80. The smallest absolute Gasteiger partial charge is 0.416 e. The SMILES string of the molecule is CCOC(=O)C1=C(C)N(c2cccc(C(F)(F)F)c2)C(=S)NC1c1ccccc1[N+](=O)[O-]. The first kappa shape index (κ1) is 23.2.